The molecule has 0 aromatic carbocycles. The van der Waals surface area contributed by atoms with E-state index in [0.29, 0.717) is 25.8 Å². The number of carboxylic acids is 1. The number of hydrogen-bond donors (Lipinski definition) is 9. The maximum atomic E-state index is 12.5. The van der Waals surface area contributed by atoms with Crippen LogP contribution in [-0.2, 0) is 24.0 Å². The van der Waals surface area contributed by atoms with Gasteiger partial charge in [0.1, 0.15) is 12.1 Å². The quantitative estimate of drug-likeness (QED) is 0.0554. The summed E-state index contributed by atoms with van der Waals surface area (Å²) >= 11 is 0. The van der Waals surface area contributed by atoms with Crippen molar-refractivity contribution in [3.05, 3.63) is 0 Å². The van der Waals surface area contributed by atoms with Crippen molar-refractivity contribution >= 4 is 35.6 Å². The number of rotatable bonds is 17. The molecule has 4 amide bonds. The Hall–Kier alpha value is -3.46. The fraction of sp³-hybridized carbons (Fsp3) is 0.667. The van der Waals surface area contributed by atoms with Crippen LogP contribution in [0.1, 0.15) is 38.5 Å². The summed E-state index contributed by atoms with van der Waals surface area (Å²) in [5.74, 6) is -4.33. The van der Waals surface area contributed by atoms with Gasteiger partial charge in [0.2, 0.25) is 23.6 Å². The molecule has 15 nitrogen and oxygen atoms in total. The van der Waals surface area contributed by atoms with Crippen LogP contribution >= 0.6 is 0 Å². The van der Waals surface area contributed by atoms with Crippen LogP contribution in [0.2, 0.25) is 0 Å². The summed E-state index contributed by atoms with van der Waals surface area (Å²) in [7, 11) is 0. The first-order chi connectivity index (χ1) is 15.5. The van der Waals surface area contributed by atoms with Crippen LogP contribution in [0.25, 0.3) is 0 Å². The summed E-state index contributed by atoms with van der Waals surface area (Å²) in [4.78, 5) is 62.7. The van der Waals surface area contributed by atoms with E-state index in [4.69, 9.17) is 28.7 Å². The largest absolute Gasteiger partial charge is 0.480 e. The van der Waals surface area contributed by atoms with Crippen LogP contribution in [-0.4, -0.2) is 78.4 Å². The molecule has 188 valence electrons. The lowest BCUT2D eigenvalue weighted by molar-refractivity contribution is -0.142. The Labute approximate surface area is 191 Å². The zero-order chi connectivity index (χ0) is 25.4. The molecule has 0 heterocycles. The van der Waals surface area contributed by atoms with Gasteiger partial charge in [-0.1, -0.05) is 0 Å². The SMILES string of the molecule is NCCCCC(NC(=O)C(N)CC(N)=O)C(=O)NCC(=O)NC(CCCN=C(N)N)C(=O)O. The normalized spacial score (nSPS) is 13.2. The van der Waals surface area contributed by atoms with E-state index in [1.807, 2.05) is 0 Å². The van der Waals surface area contributed by atoms with Crippen LogP contribution in [0.15, 0.2) is 4.99 Å². The lowest BCUT2D eigenvalue weighted by atomic mass is 10.1. The number of primary amides is 1. The Bertz CT molecular complexity index is 712. The number of carbonyl (C=O) groups excluding carboxylic acids is 4. The highest BCUT2D eigenvalue weighted by molar-refractivity contribution is 5.93. The first-order valence-electron chi connectivity index (χ1n) is 10.4. The molecule has 3 atom stereocenters. The van der Waals surface area contributed by atoms with Gasteiger partial charge in [-0.25, -0.2) is 4.79 Å². The van der Waals surface area contributed by atoms with Gasteiger partial charge in [-0.05, 0) is 38.6 Å². The van der Waals surface area contributed by atoms with Gasteiger partial charge < -0.3 is 49.7 Å². The molecular weight excluding hydrogens is 438 g/mol. The first kappa shape index (κ1) is 29.5. The van der Waals surface area contributed by atoms with Crippen molar-refractivity contribution in [2.24, 2.45) is 33.7 Å². The summed E-state index contributed by atoms with van der Waals surface area (Å²) in [5.41, 5.74) is 26.4. The monoisotopic (exact) mass is 473 g/mol. The molecule has 0 rings (SSSR count). The number of aliphatic imine (C=N–C) groups is 1. The van der Waals surface area contributed by atoms with Crippen molar-refractivity contribution in [2.75, 3.05) is 19.6 Å². The minimum absolute atomic E-state index is 0.0708. The molecule has 0 radical (unpaired) electrons. The summed E-state index contributed by atoms with van der Waals surface area (Å²) in [5, 5.41) is 16.3. The van der Waals surface area contributed by atoms with Gasteiger partial charge >= 0.3 is 5.97 Å². The standard InChI is InChI=1S/C18H35N9O6/c19-6-2-1-4-11(27-15(30)10(20)8-13(21)28)16(31)25-9-14(29)26-12(17(32)33)5-3-7-24-18(22)23/h10-12H,1-9,19-20H2,(H2,21,28)(H,25,31)(H,26,29)(H,27,30)(H,32,33)(H4,22,23,24). The molecule has 0 aromatic heterocycles. The van der Waals surface area contributed by atoms with Gasteiger partial charge in [0, 0.05) is 6.54 Å². The van der Waals surface area contributed by atoms with Crippen molar-refractivity contribution in [1.29, 1.82) is 0 Å². The molecule has 33 heavy (non-hydrogen) atoms. The molecule has 0 spiro atoms. The van der Waals surface area contributed by atoms with Crippen molar-refractivity contribution in [3.8, 4) is 0 Å². The zero-order valence-corrected chi connectivity index (χ0v) is 18.4. The molecule has 0 aliphatic rings. The van der Waals surface area contributed by atoms with Crippen LogP contribution in [0.4, 0.5) is 0 Å². The summed E-state index contributed by atoms with van der Waals surface area (Å²) < 4.78 is 0. The summed E-state index contributed by atoms with van der Waals surface area (Å²) in [6.07, 6.45) is 1.29. The first-order valence-corrected chi connectivity index (χ1v) is 10.4. The Morgan fingerprint density at radius 1 is 0.879 bits per heavy atom. The third kappa shape index (κ3) is 14.3. The number of carbonyl (C=O) groups is 5. The van der Waals surface area contributed by atoms with Gasteiger partial charge in [0.05, 0.1) is 19.0 Å². The Balaban J connectivity index is 4.83. The van der Waals surface area contributed by atoms with Crippen molar-refractivity contribution in [3.63, 3.8) is 0 Å². The number of guanidine groups is 1. The highest BCUT2D eigenvalue weighted by Crippen LogP contribution is 2.03. The van der Waals surface area contributed by atoms with Gasteiger partial charge in [-0.15, -0.1) is 0 Å². The third-order valence-electron chi connectivity index (χ3n) is 4.34. The van der Waals surface area contributed by atoms with E-state index >= 15 is 0 Å². The molecule has 0 aromatic rings. The summed E-state index contributed by atoms with van der Waals surface area (Å²) in [6.45, 7) is 0.0551. The van der Waals surface area contributed by atoms with Crippen molar-refractivity contribution in [1.82, 2.24) is 16.0 Å². The van der Waals surface area contributed by atoms with Crippen LogP contribution in [0.5, 0.6) is 0 Å². The number of nitrogens with two attached hydrogens (primary N) is 5. The minimum Gasteiger partial charge on any atom is -0.480 e. The highest BCUT2D eigenvalue weighted by Gasteiger charge is 2.25. The molecule has 0 bridgehead atoms. The average Bonchev–Trinajstić information content (AvgIpc) is 2.72. The number of hydrogen-bond acceptors (Lipinski definition) is 8. The smallest absolute Gasteiger partial charge is 0.326 e. The Kier molecular flexibility index (Phi) is 14.5. The second-order valence-electron chi connectivity index (χ2n) is 7.25. The second-order valence-corrected chi connectivity index (χ2v) is 7.25. The predicted molar refractivity (Wildman–Crippen MR) is 119 cm³/mol. The molecule has 0 aliphatic heterocycles. The molecule has 3 unspecified atom stereocenters. The van der Waals surface area contributed by atoms with Crippen molar-refractivity contribution < 1.29 is 29.1 Å². The minimum atomic E-state index is -1.25. The average molecular weight is 474 g/mol. The molecule has 0 fully saturated rings. The number of amides is 4. The second kappa shape index (κ2) is 16.2. The van der Waals surface area contributed by atoms with Gasteiger partial charge in [-0.3, -0.25) is 24.2 Å². The number of nitrogens with one attached hydrogen (secondary N) is 3. The molecule has 15 heteroatoms. The fourth-order valence-corrected chi connectivity index (χ4v) is 2.65. The van der Waals surface area contributed by atoms with E-state index < -0.39 is 60.7 Å². The maximum Gasteiger partial charge on any atom is 0.326 e. The highest BCUT2D eigenvalue weighted by atomic mass is 16.4. The number of unbranched alkanes of at least 4 members (excludes halogenated alkanes) is 1. The van der Waals surface area contributed by atoms with E-state index in [-0.39, 0.29) is 25.3 Å². The topological polar surface area (TPSA) is 284 Å². The third-order valence-corrected chi connectivity index (χ3v) is 4.34. The lowest BCUT2D eigenvalue weighted by Crippen LogP contribution is -2.54. The molecule has 14 N–H and O–H groups in total. The zero-order valence-electron chi connectivity index (χ0n) is 18.4. The van der Waals surface area contributed by atoms with Gasteiger partial charge in [0.25, 0.3) is 0 Å². The van der Waals surface area contributed by atoms with Crippen molar-refractivity contribution in [2.45, 2.75) is 56.7 Å². The molecule has 0 saturated heterocycles. The van der Waals surface area contributed by atoms with Crippen LogP contribution in [0.3, 0.4) is 0 Å². The number of aliphatic carboxylic acids is 1. The molecule has 0 saturated carbocycles. The van der Waals surface area contributed by atoms with Gasteiger partial charge in [0.15, 0.2) is 5.96 Å². The van der Waals surface area contributed by atoms with Crippen LogP contribution < -0.4 is 44.6 Å². The lowest BCUT2D eigenvalue weighted by Gasteiger charge is -2.20. The number of nitrogens with zero attached hydrogens (tertiary/aromatic N) is 1. The Morgan fingerprint density at radius 3 is 2.06 bits per heavy atom. The predicted octanol–water partition coefficient (Wildman–Crippen LogP) is -4.46. The molecular formula is C18H35N9O6. The van der Waals surface area contributed by atoms with E-state index in [1.54, 1.807) is 0 Å². The molecule has 0 aliphatic carbocycles. The van der Waals surface area contributed by atoms with Gasteiger partial charge in [-0.2, -0.15) is 0 Å². The van der Waals surface area contributed by atoms with Crippen LogP contribution in [0, 0.1) is 0 Å². The number of carboxylic acid groups (broad SMARTS) is 1. The Morgan fingerprint density at radius 2 is 1.52 bits per heavy atom. The maximum absolute atomic E-state index is 12.5. The van der Waals surface area contributed by atoms with E-state index in [2.05, 4.69) is 20.9 Å². The van der Waals surface area contributed by atoms with E-state index in [9.17, 15) is 29.1 Å². The fourth-order valence-electron chi connectivity index (χ4n) is 2.65. The van der Waals surface area contributed by atoms with E-state index in [0.717, 1.165) is 0 Å². The van der Waals surface area contributed by atoms with E-state index in [1.165, 1.54) is 0 Å². The summed E-state index contributed by atoms with van der Waals surface area (Å²) in [6, 6.07) is -3.47.